The Morgan fingerprint density at radius 3 is 1.09 bits per heavy atom. The van der Waals surface area contributed by atoms with Crippen LogP contribution < -0.4 is 10.6 Å². The molecule has 824 valence electrons. The summed E-state index contributed by atoms with van der Waals surface area (Å²) >= 11 is 10.3. The molecule has 1 amide bonds. The fraction of sp³-hybridized carbons (Fsp3) is 0.922. The molecule has 0 aromatic carbocycles. The molecule has 0 heterocycles. The second-order valence-electron chi connectivity index (χ2n) is 33.1. The molecule has 137 heavy (non-hydrogen) atoms. The number of carbonyl (C=O) groups excluding carboxylic acids is 5. The molecule has 0 radical (unpaired) electrons. The Labute approximate surface area is 942 Å². The van der Waals surface area contributed by atoms with Crippen LogP contribution in [0.4, 0.5) is 9.59 Å². The van der Waals surface area contributed by atoms with E-state index in [1.807, 2.05) is 162 Å². The highest BCUT2D eigenvalue weighted by Crippen LogP contribution is 2.39. The number of thioether (sulfide) groups is 1. The number of rotatable bonds is 59. The zero-order chi connectivity index (χ0) is 109. The molecule has 0 rings (SSSR count). The molecule has 0 aromatic heterocycles. The number of ether oxygens (including phenoxy) is 5. The number of amides is 1. The molecule has 1 unspecified atom stereocenters. The van der Waals surface area contributed by atoms with Crippen LogP contribution in [0.1, 0.15) is 254 Å². The van der Waals surface area contributed by atoms with Crippen LogP contribution in [-0.2, 0) is 47.2 Å². The number of aliphatic imine (C=N–C) groups is 2. The molecule has 47 heteroatoms. The van der Waals surface area contributed by atoms with E-state index < -0.39 is 20.1 Å². The Morgan fingerprint density at radius 1 is 0.453 bits per heavy atom. The van der Waals surface area contributed by atoms with Gasteiger partial charge in [-0.3, -0.25) is 18.9 Å². The number of hydrogen-bond acceptors (Lipinski definition) is 42. The van der Waals surface area contributed by atoms with E-state index >= 15 is 0 Å². The minimum Gasteiger partial charge on any atom is -0.756 e. The van der Waals surface area contributed by atoms with Crippen molar-refractivity contribution in [3.63, 3.8) is 0 Å². The maximum absolute atomic E-state index is 11.8. The number of phosphoric ester groups is 1. The number of hydrogen-bond donors (Lipinski definition) is 2. The van der Waals surface area contributed by atoms with E-state index in [0.29, 0.717) is 99.3 Å². The Hall–Kier alpha value is 4.34. The second kappa shape index (κ2) is 119. The monoisotopic (exact) mass is 2420 g/mol. The van der Waals surface area contributed by atoms with Crippen LogP contribution in [0.25, 0.3) is 10.4 Å². The van der Waals surface area contributed by atoms with E-state index in [0.717, 1.165) is 67.2 Å². The van der Waals surface area contributed by atoms with Gasteiger partial charge in [0.25, 0.3) is 7.82 Å². The zero-order valence-electron chi connectivity index (χ0n) is 91.8. The largest absolute Gasteiger partial charge is 0.756 e. The SMILES string of the molecule is CCCC(=O)[C@H](SSC)C(C)C.CCN(C)C(=O)[C@H](SSC)C(C)C.CCO[C@@H](C)C(C)C.CC[C@H](SSC)C(C)C.CC[C@H](SSC)C(C)C.CSS[C@@H](CN)C(C)C.CSS[C@@H](CN=C=S)C(C)C.CSS[C@@H](CN=[N+]=[N-])C(C)C.CSS[C@@H](COC(=O)OCN=C=S)C(C)C.CSS[C@@H](COP(=O)([O-])O)C(C)C.CSS[C@@H](CSC(C)=O)C(C)C.CSS[C@@H](OC(=O)OC(C)C)C(C)C. The highest BCUT2D eigenvalue weighted by molar-refractivity contribution is 8.79. The van der Waals surface area contributed by atoms with Gasteiger partial charge in [-0.25, -0.2) is 14.6 Å². The van der Waals surface area contributed by atoms with E-state index in [2.05, 4.69) is 261 Å². The highest BCUT2D eigenvalue weighted by Gasteiger charge is 2.27. The number of carbonyl (C=O) groups is 5. The number of ketones is 1. The molecule has 3 N–H and O–H groups in total. The molecule has 0 fully saturated rings. The third-order valence-electron chi connectivity index (χ3n) is 17.1. The predicted molar refractivity (Wildman–Crippen MR) is 674 cm³/mol. The fourth-order valence-corrected chi connectivity index (χ4v) is 34.7. The number of isothiocyanates is 2. The molecule has 21 nitrogen and oxygen atoms in total. The Kier molecular flexibility index (Phi) is 144. The summed E-state index contributed by atoms with van der Waals surface area (Å²) in [6.07, 6.45) is 25.8. The van der Waals surface area contributed by atoms with Gasteiger partial charge in [-0.05, 0) is 229 Å². The lowest BCUT2D eigenvalue weighted by Gasteiger charge is -2.23. The first-order chi connectivity index (χ1) is 64.0. The van der Waals surface area contributed by atoms with Crippen LogP contribution in [0.15, 0.2) is 15.1 Å². The van der Waals surface area contributed by atoms with Crippen LogP contribution in [0.2, 0.25) is 0 Å². The molecule has 13 atom stereocenters. The van der Waals surface area contributed by atoms with Crippen molar-refractivity contribution in [1.82, 2.24) is 4.90 Å². The first-order valence-electron chi connectivity index (χ1n) is 45.8. The lowest BCUT2D eigenvalue weighted by Crippen LogP contribution is -2.36. The summed E-state index contributed by atoms with van der Waals surface area (Å²) < 4.78 is 39.5. The van der Waals surface area contributed by atoms with Crippen molar-refractivity contribution in [1.29, 1.82) is 0 Å². The minimum atomic E-state index is -4.56. The molecule has 0 aromatic rings. The first kappa shape index (κ1) is 166. The van der Waals surface area contributed by atoms with Crippen molar-refractivity contribution in [2.24, 2.45) is 91.8 Å². The third-order valence-corrected chi connectivity index (χ3v) is 45.9. The predicted octanol–water partition coefficient (Wildman–Crippen LogP) is 34.8. The standard InChI is InChI=1S/C9H15NO3S3.C9H19NOS2.C9H18O3S2.C9H18OS2.C8H16OS3.C7H13NS3.C7H16O.2C7H16S2.C6H13N3S2.C6H15NS2.C6H15O4PS2/c1-7(2)8(16-15-3)4-12-9(11)13-5-10-6-14;1-6-10(4)9(11)8(7(2)3)13-12-5;1-6(2)8(14-13-5)12-9(10)11-7(3)4;1-5-6-8(10)9(7(2)3)12-11-4;1-6(2)8(12-10-4)5-11-7(3)9;1-6(2)7(11-10-3)4-8-5-9;1-5-8-7(4)6(2)3;2*1-5-7(6(2)3)9-8-4;1-5(2)6(11-10-3)4-8-9-7;1-5(2)6(4-7)9-8-3;1-5(2)6(13-12-3)4-10-11(7,8)9/h7-8H,4-5H2,1-3H3;7-8H,6H2,1-5H3;6-8H,1-5H3;7,9H,5-6H2,1-4H3;6,8H,5H2,1-4H3;6-7H,4H2,1-3H3;6-7H,5H2,1-4H3;2*6-7H,5H2,1-4H3;5-6H,4H2,1-3H3;5-6H,4,7H2,1-3H3;5-6H,4H2,1-3H3,(H2,7,8,9)/p-1/t3*8-;9-;8-;4*7-;3*6-/m011100000000/s1. The summed E-state index contributed by atoms with van der Waals surface area (Å²) in [5, 5.41) is 12.8. The van der Waals surface area contributed by atoms with Gasteiger partial charge in [0.2, 0.25) is 5.91 Å². The average Bonchev–Trinajstić information content (AvgIpc) is 0.888. The minimum absolute atomic E-state index is 0.0282. The van der Waals surface area contributed by atoms with Gasteiger partial charge in [0.05, 0.1) is 51.4 Å². The second-order valence-corrected chi connectivity index (χ2v) is 65.4. The smallest absolute Gasteiger partial charge is 0.510 e. The summed E-state index contributed by atoms with van der Waals surface area (Å²) in [6, 6.07) is 0. The van der Waals surface area contributed by atoms with Gasteiger partial charge in [0, 0.05) is 100.0 Å². The highest BCUT2D eigenvalue weighted by atomic mass is 33.1. The molecule has 0 saturated carbocycles. The van der Waals surface area contributed by atoms with Gasteiger partial charge in [-0.15, -0.1) is 0 Å². The molecule has 0 aliphatic carbocycles. The Bertz CT molecular complexity index is 2800. The summed E-state index contributed by atoms with van der Waals surface area (Å²) in [6.45, 7) is 73.5. The summed E-state index contributed by atoms with van der Waals surface area (Å²) in [4.78, 5) is 86.9. The van der Waals surface area contributed by atoms with Gasteiger partial charge in [0.1, 0.15) is 12.4 Å². The van der Waals surface area contributed by atoms with Crippen LogP contribution in [0, 0.1) is 71.0 Å². The van der Waals surface area contributed by atoms with Crippen LogP contribution >= 0.6 is 281 Å². The van der Waals surface area contributed by atoms with Crippen LogP contribution in [0.3, 0.4) is 0 Å². The van der Waals surface area contributed by atoms with Crippen LogP contribution in [-0.4, -0.2) is 254 Å². The number of nitrogens with two attached hydrogens (primary N) is 1. The molecule has 0 aliphatic heterocycles. The van der Waals surface area contributed by atoms with Crippen molar-refractivity contribution >= 4 is 321 Å². The Balaban J connectivity index is -0.000000125. The van der Waals surface area contributed by atoms with E-state index in [1.165, 1.54) is 35.4 Å². The topological polar surface area (TPSA) is 304 Å². The number of thiocarbonyl (C=S) groups is 2. The molecular weight excluding hydrogens is 2240 g/mol. The molecular formula is C90H189N7O14PS25-. The normalized spacial score (nSPS) is 13.8. The van der Waals surface area contributed by atoms with E-state index in [4.69, 9.17) is 35.1 Å². The van der Waals surface area contributed by atoms with E-state index in [1.54, 1.807) is 177 Å². The number of phosphoric acid groups is 1. The summed E-state index contributed by atoms with van der Waals surface area (Å²) in [5.41, 5.74) is 13.5. The van der Waals surface area contributed by atoms with Crippen molar-refractivity contribution in [2.45, 2.75) is 324 Å². The quantitative estimate of drug-likeness (QED) is 0.00658. The Morgan fingerprint density at radius 2 is 0.810 bits per heavy atom. The number of azide groups is 1. The number of nitrogens with zero attached hydrogens (tertiary/aromatic N) is 6. The first-order valence-corrected chi connectivity index (χ1v) is 77.9. The van der Waals surface area contributed by atoms with E-state index in [-0.39, 0.29) is 62.8 Å². The van der Waals surface area contributed by atoms with Crippen molar-refractivity contribution in [3.05, 3.63) is 10.4 Å². The zero-order valence-corrected chi connectivity index (χ0v) is 113. The summed E-state index contributed by atoms with van der Waals surface area (Å²) in [5.74, 6) is 8.36. The van der Waals surface area contributed by atoms with Gasteiger partial charge in [0.15, 0.2) is 17.3 Å². The van der Waals surface area contributed by atoms with E-state index in [9.17, 15) is 33.4 Å². The lowest BCUT2D eigenvalue weighted by molar-refractivity contribution is -0.219. The maximum atomic E-state index is 11.8. The molecule has 0 bridgehead atoms. The van der Waals surface area contributed by atoms with Crippen molar-refractivity contribution < 1.29 is 66.5 Å². The average molecular weight is 2430 g/mol. The van der Waals surface area contributed by atoms with Gasteiger partial charge in [-0.2, -0.15) is 4.99 Å². The maximum Gasteiger partial charge on any atom is 0.510 e. The molecule has 0 saturated heterocycles. The van der Waals surface area contributed by atoms with Gasteiger partial charge in [-0.1, -0.05) is 430 Å². The summed E-state index contributed by atoms with van der Waals surface area (Å²) in [7, 11) is 35.8. The van der Waals surface area contributed by atoms with Gasteiger partial charge >= 0.3 is 12.3 Å². The molecule has 0 spiro atoms. The fourth-order valence-electron chi connectivity index (χ4n) is 8.40. The third kappa shape index (κ3) is 122. The van der Waals surface area contributed by atoms with Gasteiger partial charge < -0.3 is 48.6 Å². The van der Waals surface area contributed by atoms with Crippen molar-refractivity contribution in [2.75, 3.05) is 134 Å². The van der Waals surface area contributed by atoms with Crippen LogP contribution in [0.5, 0.6) is 0 Å². The molecule has 0 aliphatic rings. The lowest BCUT2D eigenvalue weighted by atomic mass is 10.0. The number of Topliss-reactive ketones (excluding diaryl/α,β-unsaturated/α-hetero) is 1. The van der Waals surface area contributed by atoms with Crippen molar-refractivity contribution in [3.8, 4) is 0 Å².